The van der Waals surface area contributed by atoms with Crippen LogP contribution in [-0.4, -0.2) is 63.3 Å². The van der Waals surface area contributed by atoms with Gasteiger partial charge in [0.1, 0.15) is 0 Å². The van der Waals surface area contributed by atoms with Crippen LogP contribution in [0.5, 0.6) is 0 Å². The minimum Gasteiger partial charge on any atom is -0.324 e. The van der Waals surface area contributed by atoms with Gasteiger partial charge in [0.15, 0.2) is 0 Å². The van der Waals surface area contributed by atoms with Crippen molar-refractivity contribution in [2.75, 3.05) is 37.2 Å². The minimum absolute atomic E-state index is 0.0350. The molecule has 0 unspecified atom stereocenters. The molecule has 1 aromatic carbocycles. The van der Waals surface area contributed by atoms with Crippen LogP contribution in [0.4, 0.5) is 5.69 Å². The number of carbonyl (C=O) groups is 1. The molecule has 0 saturated carbocycles. The van der Waals surface area contributed by atoms with Gasteiger partial charge in [0.25, 0.3) is 0 Å². The molecule has 0 bridgehead atoms. The molecule has 29 heavy (non-hydrogen) atoms. The molecule has 0 aromatic heterocycles. The molecule has 1 aliphatic heterocycles. The Kier molecular flexibility index (Phi) is 8.08. The van der Waals surface area contributed by atoms with Gasteiger partial charge in [-0.15, -0.1) is 0 Å². The predicted octanol–water partition coefficient (Wildman–Crippen LogP) is 2.37. The maximum atomic E-state index is 12.7. The summed E-state index contributed by atoms with van der Waals surface area (Å²) < 4.78 is 52.1. The van der Waals surface area contributed by atoms with Crippen LogP contribution in [-0.2, 0) is 24.8 Å². The van der Waals surface area contributed by atoms with Crippen molar-refractivity contribution in [2.45, 2.75) is 38.5 Å². The Morgan fingerprint density at radius 1 is 1.14 bits per heavy atom. The molecule has 0 aliphatic carbocycles. The maximum absolute atomic E-state index is 12.7. The van der Waals surface area contributed by atoms with E-state index in [9.17, 15) is 21.6 Å². The summed E-state index contributed by atoms with van der Waals surface area (Å²) in [6.07, 6.45) is 0.806. The van der Waals surface area contributed by atoms with Crippen molar-refractivity contribution < 1.29 is 21.6 Å². The van der Waals surface area contributed by atoms with Gasteiger partial charge in [-0.25, -0.2) is 21.1 Å². The van der Waals surface area contributed by atoms with Gasteiger partial charge in [0.2, 0.25) is 26.0 Å². The standard InChI is InChI=1S/C18H28ClN3O5S2/c1-4-21(5-2)29(26,27)15-7-8-16(19)17(13-15)20-18(23)14-9-11-22(12-10-14)28(24,25)6-3/h7-8,13-14H,4-6,9-12H2,1-3H3,(H,20,23). The van der Waals surface area contributed by atoms with Gasteiger partial charge in [-0.1, -0.05) is 25.4 Å². The molecule has 11 heteroatoms. The fourth-order valence-electron chi connectivity index (χ4n) is 3.29. The van der Waals surface area contributed by atoms with Gasteiger partial charge in [0.05, 0.1) is 21.4 Å². The fourth-order valence-corrected chi connectivity index (χ4v) is 6.07. The number of nitrogens with one attached hydrogen (secondary N) is 1. The van der Waals surface area contributed by atoms with E-state index in [-0.39, 0.29) is 33.2 Å². The topological polar surface area (TPSA) is 104 Å². The molecule has 0 spiro atoms. The second-order valence-electron chi connectivity index (χ2n) is 6.79. The molecule has 1 heterocycles. The zero-order chi connectivity index (χ0) is 21.8. The third kappa shape index (κ3) is 5.49. The van der Waals surface area contributed by atoms with Crippen LogP contribution in [0.2, 0.25) is 5.02 Å². The van der Waals surface area contributed by atoms with Crippen molar-refractivity contribution in [3.63, 3.8) is 0 Å². The lowest BCUT2D eigenvalue weighted by molar-refractivity contribution is -0.120. The first-order valence-electron chi connectivity index (χ1n) is 9.65. The third-order valence-electron chi connectivity index (χ3n) is 5.12. The molecule has 1 amide bonds. The molecule has 8 nitrogen and oxygen atoms in total. The summed E-state index contributed by atoms with van der Waals surface area (Å²) in [4.78, 5) is 12.7. The van der Waals surface area contributed by atoms with E-state index >= 15 is 0 Å². The monoisotopic (exact) mass is 465 g/mol. The normalized spacial score (nSPS) is 16.9. The Hall–Kier alpha value is -1.20. The number of sulfonamides is 2. The molecule has 0 radical (unpaired) electrons. The highest BCUT2D eigenvalue weighted by Gasteiger charge is 2.30. The largest absolute Gasteiger partial charge is 0.324 e. The third-order valence-corrected chi connectivity index (χ3v) is 9.38. The molecular formula is C18H28ClN3O5S2. The van der Waals surface area contributed by atoms with Crippen LogP contribution in [0.1, 0.15) is 33.6 Å². The lowest BCUT2D eigenvalue weighted by Crippen LogP contribution is -2.42. The first-order chi connectivity index (χ1) is 13.6. The molecule has 164 valence electrons. The molecule has 0 atom stereocenters. The van der Waals surface area contributed by atoms with Gasteiger partial charge in [-0.2, -0.15) is 4.31 Å². The number of halogens is 1. The number of rotatable bonds is 8. The Labute approximate surface area is 178 Å². The number of carbonyl (C=O) groups excluding carboxylic acids is 1. The molecule has 1 fully saturated rings. The van der Waals surface area contributed by atoms with Crippen LogP contribution in [0.3, 0.4) is 0 Å². The number of hydrogen-bond donors (Lipinski definition) is 1. The summed E-state index contributed by atoms with van der Waals surface area (Å²) in [5, 5.41) is 2.95. The smallest absolute Gasteiger partial charge is 0.243 e. The SMILES string of the molecule is CCN(CC)S(=O)(=O)c1ccc(Cl)c(NC(=O)C2CCN(S(=O)(=O)CC)CC2)c1. The van der Waals surface area contributed by atoms with Crippen LogP contribution < -0.4 is 5.32 Å². The van der Waals surface area contributed by atoms with Gasteiger partial charge >= 0.3 is 0 Å². The van der Waals surface area contributed by atoms with E-state index in [2.05, 4.69) is 5.32 Å². The Morgan fingerprint density at radius 3 is 2.24 bits per heavy atom. The molecule has 1 aliphatic rings. The highest BCUT2D eigenvalue weighted by atomic mass is 35.5. The van der Waals surface area contributed by atoms with E-state index in [1.165, 1.54) is 26.8 Å². The lowest BCUT2D eigenvalue weighted by atomic mass is 9.97. The van der Waals surface area contributed by atoms with E-state index in [1.54, 1.807) is 20.8 Å². The van der Waals surface area contributed by atoms with Crippen LogP contribution in [0.25, 0.3) is 0 Å². The second kappa shape index (κ2) is 9.74. The van der Waals surface area contributed by atoms with E-state index in [0.717, 1.165) is 0 Å². The number of nitrogens with zero attached hydrogens (tertiary/aromatic N) is 2. The number of hydrogen-bond acceptors (Lipinski definition) is 5. The Morgan fingerprint density at radius 2 is 1.72 bits per heavy atom. The predicted molar refractivity (Wildman–Crippen MR) is 114 cm³/mol. The highest BCUT2D eigenvalue weighted by Crippen LogP contribution is 2.29. The van der Waals surface area contributed by atoms with Gasteiger partial charge in [-0.3, -0.25) is 4.79 Å². The quantitative estimate of drug-likeness (QED) is 0.634. The average molecular weight is 466 g/mol. The van der Waals surface area contributed by atoms with E-state index in [4.69, 9.17) is 11.6 Å². The van der Waals surface area contributed by atoms with Crippen LogP contribution >= 0.6 is 11.6 Å². The second-order valence-corrected chi connectivity index (χ2v) is 11.4. The number of piperidine rings is 1. The number of amides is 1. The van der Waals surface area contributed by atoms with E-state index < -0.39 is 20.0 Å². The van der Waals surface area contributed by atoms with Crippen molar-refractivity contribution in [1.29, 1.82) is 0 Å². The number of benzene rings is 1. The molecule has 2 rings (SSSR count). The van der Waals surface area contributed by atoms with E-state index in [1.807, 2.05) is 0 Å². The zero-order valence-electron chi connectivity index (χ0n) is 16.9. The molecular weight excluding hydrogens is 438 g/mol. The Balaban J connectivity index is 2.14. The van der Waals surface area contributed by atoms with Crippen LogP contribution in [0, 0.1) is 5.92 Å². The molecule has 1 N–H and O–H groups in total. The minimum atomic E-state index is -3.68. The van der Waals surface area contributed by atoms with E-state index in [0.29, 0.717) is 39.0 Å². The van der Waals surface area contributed by atoms with Gasteiger partial charge < -0.3 is 5.32 Å². The van der Waals surface area contributed by atoms with Crippen molar-refractivity contribution >= 4 is 43.2 Å². The number of anilines is 1. The summed E-state index contributed by atoms with van der Waals surface area (Å²) in [6.45, 7) is 6.35. The highest BCUT2D eigenvalue weighted by molar-refractivity contribution is 7.89. The summed E-state index contributed by atoms with van der Waals surface area (Å²) >= 11 is 6.17. The van der Waals surface area contributed by atoms with Gasteiger partial charge in [0, 0.05) is 32.1 Å². The first-order valence-corrected chi connectivity index (χ1v) is 13.1. The summed E-state index contributed by atoms with van der Waals surface area (Å²) in [5.41, 5.74) is 0.230. The van der Waals surface area contributed by atoms with Crippen molar-refractivity contribution in [1.82, 2.24) is 8.61 Å². The van der Waals surface area contributed by atoms with Crippen molar-refractivity contribution in [3.05, 3.63) is 23.2 Å². The molecule has 1 aromatic rings. The Bertz CT molecular complexity index is 938. The summed E-state index contributed by atoms with van der Waals surface area (Å²) in [7, 11) is -6.94. The van der Waals surface area contributed by atoms with Crippen LogP contribution in [0.15, 0.2) is 23.1 Å². The average Bonchev–Trinajstić information content (AvgIpc) is 2.70. The summed E-state index contributed by atoms with van der Waals surface area (Å²) in [5.74, 6) is -0.622. The summed E-state index contributed by atoms with van der Waals surface area (Å²) in [6, 6.07) is 4.23. The van der Waals surface area contributed by atoms with Gasteiger partial charge in [-0.05, 0) is 38.0 Å². The fraction of sp³-hybridized carbons (Fsp3) is 0.611. The van der Waals surface area contributed by atoms with Crippen molar-refractivity contribution in [2.24, 2.45) is 5.92 Å². The zero-order valence-corrected chi connectivity index (χ0v) is 19.3. The molecule has 1 saturated heterocycles. The lowest BCUT2D eigenvalue weighted by Gasteiger charge is -2.30. The first kappa shape index (κ1) is 24.1. The van der Waals surface area contributed by atoms with Crippen molar-refractivity contribution in [3.8, 4) is 0 Å². The maximum Gasteiger partial charge on any atom is 0.243 e.